The van der Waals surface area contributed by atoms with E-state index in [0.717, 1.165) is 5.92 Å². The predicted octanol–water partition coefficient (Wildman–Crippen LogP) is 3.15. The van der Waals surface area contributed by atoms with Gasteiger partial charge >= 0.3 is 0 Å². The second kappa shape index (κ2) is 3.74. The first-order chi connectivity index (χ1) is 6.68. The molecule has 0 spiro atoms. The van der Waals surface area contributed by atoms with Gasteiger partial charge in [-0.1, -0.05) is 25.1 Å². The van der Waals surface area contributed by atoms with Crippen LogP contribution in [0.5, 0.6) is 0 Å². The van der Waals surface area contributed by atoms with E-state index in [1.807, 2.05) is 0 Å². The van der Waals surface area contributed by atoms with Gasteiger partial charge < -0.3 is 5.73 Å². The zero-order chi connectivity index (χ0) is 10.1. The maximum absolute atomic E-state index is 5.89. The van der Waals surface area contributed by atoms with Crippen LogP contribution in [0.25, 0.3) is 0 Å². The fraction of sp³-hybridized carbons (Fsp3) is 0.538. The molecule has 2 N–H and O–H groups in total. The number of aryl methyl sites for hydroxylation is 1. The third-order valence-corrected chi connectivity index (χ3v) is 3.31. The van der Waals surface area contributed by atoms with Gasteiger partial charge in [-0.3, -0.25) is 0 Å². The maximum atomic E-state index is 5.89. The van der Waals surface area contributed by atoms with E-state index in [4.69, 9.17) is 5.73 Å². The van der Waals surface area contributed by atoms with Crippen LogP contribution in [0.15, 0.2) is 18.2 Å². The van der Waals surface area contributed by atoms with Gasteiger partial charge in [-0.05, 0) is 48.8 Å². The second-order valence-corrected chi connectivity index (χ2v) is 4.54. The molecule has 0 bridgehead atoms. The summed E-state index contributed by atoms with van der Waals surface area (Å²) in [6.07, 6.45) is 3.92. The lowest BCUT2D eigenvalue weighted by Gasteiger charge is -2.23. The smallest absolute Gasteiger partial charge is 0.0266 e. The number of hydrogen-bond donors (Lipinski definition) is 1. The van der Waals surface area contributed by atoms with Crippen LogP contribution in [0.4, 0.5) is 0 Å². The maximum Gasteiger partial charge on any atom is 0.0266 e. The molecule has 1 aromatic carbocycles. The van der Waals surface area contributed by atoms with Crippen LogP contribution in [-0.2, 0) is 6.42 Å². The van der Waals surface area contributed by atoms with Crippen LogP contribution in [0.1, 0.15) is 55.3 Å². The largest absolute Gasteiger partial charge is 0.324 e. The highest BCUT2D eigenvalue weighted by molar-refractivity contribution is 5.37. The molecule has 1 aliphatic carbocycles. The molecule has 0 fully saturated rings. The summed E-state index contributed by atoms with van der Waals surface area (Å²) >= 11 is 0. The molecule has 2 rings (SSSR count). The third kappa shape index (κ3) is 1.69. The van der Waals surface area contributed by atoms with E-state index < -0.39 is 0 Å². The Labute approximate surface area is 86.3 Å². The topological polar surface area (TPSA) is 26.0 Å². The number of rotatable bonds is 1. The molecule has 2 atom stereocenters. The van der Waals surface area contributed by atoms with E-state index in [0.29, 0.717) is 0 Å². The van der Waals surface area contributed by atoms with Crippen molar-refractivity contribution in [2.75, 3.05) is 0 Å². The molecular weight excluding hydrogens is 170 g/mol. The monoisotopic (exact) mass is 189 g/mol. The first-order valence-corrected chi connectivity index (χ1v) is 5.57. The summed E-state index contributed by atoms with van der Waals surface area (Å²) in [5.74, 6) is 0.720. The van der Waals surface area contributed by atoms with E-state index >= 15 is 0 Å². The summed E-state index contributed by atoms with van der Waals surface area (Å²) in [7, 11) is 0. The average Bonchev–Trinajstić information content (AvgIpc) is 2.18. The van der Waals surface area contributed by atoms with Crippen molar-refractivity contribution in [1.29, 1.82) is 0 Å². The lowest BCUT2D eigenvalue weighted by molar-refractivity contribution is 0.588. The molecule has 76 valence electrons. The number of benzene rings is 1. The Morgan fingerprint density at radius 3 is 2.93 bits per heavy atom. The van der Waals surface area contributed by atoms with Crippen LogP contribution in [0, 0.1) is 0 Å². The van der Waals surface area contributed by atoms with Crippen molar-refractivity contribution >= 4 is 0 Å². The van der Waals surface area contributed by atoms with Crippen LogP contribution in [0.2, 0.25) is 0 Å². The van der Waals surface area contributed by atoms with Crippen LogP contribution in [-0.4, -0.2) is 0 Å². The molecule has 0 radical (unpaired) electrons. The Kier molecular flexibility index (Phi) is 2.60. The zero-order valence-electron chi connectivity index (χ0n) is 9.09. The molecule has 0 amide bonds. The molecule has 2 unspecified atom stereocenters. The lowest BCUT2D eigenvalue weighted by Crippen LogP contribution is -2.10. The number of fused-ring (bicyclic) bond motifs is 1. The summed E-state index contributed by atoms with van der Waals surface area (Å²) in [4.78, 5) is 0. The van der Waals surface area contributed by atoms with Crippen molar-refractivity contribution in [3.63, 3.8) is 0 Å². The Morgan fingerprint density at radius 2 is 2.21 bits per heavy atom. The van der Waals surface area contributed by atoms with Gasteiger partial charge in [0.1, 0.15) is 0 Å². The number of nitrogens with two attached hydrogens (primary N) is 1. The van der Waals surface area contributed by atoms with Crippen molar-refractivity contribution in [3.8, 4) is 0 Å². The Morgan fingerprint density at radius 1 is 1.43 bits per heavy atom. The van der Waals surface area contributed by atoms with Gasteiger partial charge in [0, 0.05) is 6.04 Å². The molecule has 0 saturated heterocycles. The van der Waals surface area contributed by atoms with E-state index in [9.17, 15) is 0 Å². The SMILES string of the molecule is CC(N)c1ccc2c(c1)C(C)CCC2. The molecule has 0 aromatic heterocycles. The summed E-state index contributed by atoms with van der Waals surface area (Å²) in [6.45, 7) is 4.37. The highest BCUT2D eigenvalue weighted by Gasteiger charge is 2.16. The first-order valence-electron chi connectivity index (χ1n) is 5.57. The zero-order valence-corrected chi connectivity index (χ0v) is 9.09. The van der Waals surface area contributed by atoms with Crippen LogP contribution >= 0.6 is 0 Å². The van der Waals surface area contributed by atoms with Gasteiger partial charge in [-0.2, -0.15) is 0 Å². The van der Waals surface area contributed by atoms with E-state index in [-0.39, 0.29) is 6.04 Å². The van der Waals surface area contributed by atoms with Crippen molar-refractivity contribution in [1.82, 2.24) is 0 Å². The standard InChI is InChI=1S/C13H19N/c1-9-4-3-5-11-6-7-12(10(2)14)8-13(9)11/h6-10H,3-5,14H2,1-2H3. The van der Waals surface area contributed by atoms with Gasteiger partial charge in [0.2, 0.25) is 0 Å². The molecule has 1 heteroatoms. The van der Waals surface area contributed by atoms with E-state index in [1.54, 1.807) is 0 Å². The Balaban J connectivity index is 2.41. The van der Waals surface area contributed by atoms with Gasteiger partial charge in [0.05, 0.1) is 0 Å². The molecule has 0 aliphatic heterocycles. The van der Waals surface area contributed by atoms with Crippen molar-refractivity contribution in [3.05, 3.63) is 34.9 Å². The second-order valence-electron chi connectivity index (χ2n) is 4.54. The third-order valence-electron chi connectivity index (χ3n) is 3.31. The van der Waals surface area contributed by atoms with Crippen LogP contribution < -0.4 is 5.73 Å². The van der Waals surface area contributed by atoms with E-state index in [2.05, 4.69) is 32.0 Å². The molecule has 1 nitrogen and oxygen atoms in total. The Bertz CT molecular complexity index is 328. The van der Waals surface area contributed by atoms with Crippen LogP contribution in [0.3, 0.4) is 0 Å². The fourth-order valence-electron chi connectivity index (χ4n) is 2.34. The first kappa shape index (κ1) is 9.72. The molecule has 0 heterocycles. The molecule has 14 heavy (non-hydrogen) atoms. The van der Waals surface area contributed by atoms with Crippen molar-refractivity contribution < 1.29 is 0 Å². The molecule has 1 aromatic rings. The summed E-state index contributed by atoms with van der Waals surface area (Å²) in [5.41, 5.74) is 10.2. The molecule has 0 saturated carbocycles. The lowest BCUT2D eigenvalue weighted by atomic mass is 9.82. The van der Waals surface area contributed by atoms with Crippen molar-refractivity contribution in [2.45, 2.75) is 45.1 Å². The fourth-order valence-corrected chi connectivity index (χ4v) is 2.34. The van der Waals surface area contributed by atoms with Crippen molar-refractivity contribution in [2.24, 2.45) is 5.73 Å². The quantitative estimate of drug-likeness (QED) is 0.721. The summed E-state index contributed by atoms with van der Waals surface area (Å²) < 4.78 is 0. The normalized spacial score (nSPS) is 22.9. The minimum Gasteiger partial charge on any atom is -0.324 e. The highest BCUT2D eigenvalue weighted by Crippen LogP contribution is 2.32. The highest BCUT2D eigenvalue weighted by atomic mass is 14.6. The number of hydrogen-bond acceptors (Lipinski definition) is 1. The molecule has 1 aliphatic rings. The Hall–Kier alpha value is -0.820. The average molecular weight is 189 g/mol. The minimum atomic E-state index is 0.162. The van der Waals surface area contributed by atoms with Gasteiger partial charge in [-0.15, -0.1) is 0 Å². The van der Waals surface area contributed by atoms with Gasteiger partial charge in [-0.25, -0.2) is 0 Å². The molecular formula is C13H19N. The van der Waals surface area contributed by atoms with Gasteiger partial charge in [0.15, 0.2) is 0 Å². The van der Waals surface area contributed by atoms with E-state index in [1.165, 1.54) is 36.0 Å². The van der Waals surface area contributed by atoms with Gasteiger partial charge in [0.25, 0.3) is 0 Å². The summed E-state index contributed by atoms with van der Waals surface area (Å²) in [5, 5.41) is 0. The summed E-state index contributed by atoms with van der Waals surface area (Å²) in [6, 6.07) is 6.92. The minimum absolute atomic E-state index is 0.162. The predicted molar refractivity (Wildman–Crippen MR) is 60.4 cm³/mol.